The third-order valence-electron chi connectivity index (χ3n) is 3.59. The van der Waals surface area contributed by atoms with Crippen LogP contribution in [-0.2, 0) is 0 Å². The summed E-state index contributed by atoms with van der Waals surface area (Å²) in [6, 6.07) is 0. The molecule has 1 N–H and O–H groups in total. The van der Waals surface area contributed by atoms with E-state index in [1.807, 2.05) is 0 Å². The molecule has 0 spiro atoms. The monoisotopic (exact) mass is 212 g/mol. The maximum atomic E-state index is 3.63. The van der Waals surface area contributed by atoms with Gasteiger partial charge < -0.3 is 10.2 Å². The topological polar surface area (TPSA) is 15.3 Å². The second-order valence-corrected chi connectivity index (χ2v) is 5.65. The Morgan fingerprint density at radius 1 is 1.40 bits per heavy atom. The first-order valence-electron chi connectivity index (χ1n) is 6.53. The summed E-state index contributed by atoms with van der Waals surface area (Å²) in [5, 5.41) is 3.63. The zero-order valence-corrected chi connectivity index (χ0v) is 11.0. The van der Waals surface area contributed by atoms with E-state index in [0.29, 0.717) is 5.54 Å². The highest BCUT2D eigenvalue weighted by molar-refractivity contribution is 4.89. The molecular weight excluding hydrogens is 184 g/mol. The molecule has 1 atom stereocenters. The zero-order valence-electron chi connectivity index (χ0n) is 11.0. The third-order valence-corrected chi connectivity index (χ3v) is 3.59. The van der Waals surface area contributed by atoms with Crippen molar-refractivity contribution in [3.05, 3.63) is 0 Å². The largest absolute Gasteiger partial charge is 0.309 e. The zero-order chi connectivity index (χ0) is 11.3. The summed E-state index contributed by atoms with van der Waals surface area (Å²) < 4.78 is 0. The van der Waals surface area contributed by atoms with E-state index in [-0.39, 0.29) is 0 Å². The second-order valence-electron chi connectivity index (χ2n) is 5.65. The van der Waals surface area contributed by atoms with Crippen LogP contribution in [0.1, 0.15) is 47.0 Å². The molecule has 0 aliphatic carbocycles. The predicted octanol–water partition coefficient (Wildman–Crippen LogP) is 2.50. The summed E-state index contributed by atoms with van der Waals surface area (Å²) in [5.41, 5.74) is 0.357. The van der Waals surface area contributed by atoms with E-state index in [9.17, 15) is 0 Å². The molecule has 1 heterocycles. The lowest BCUT2D eigenvalue weighted by Crippen LogP contribution is -2.58. The van der Waals surface area contributed by atoms with Crippen molar-refractivity contribution in [3.63, 3.8) is 0 Å². The van der Waals surface area contributed by atoms with E-state index in [1.165, 1.54) is 38.9 Å². The first-order chi connectivity index (χ1) is 7.06. The minimum atomic E-state index is 0.357. The van der Waals surface area contributed by atoms with Gasteiger partial charge in [0.25, 0.3) is 0 Å². The lowest BCUT2D eigenvalue weighted by molar-refractivity contribution is 0.137. The van der Waals surface area contributed by atoms with Crippen LogP contribution in [0.5, 0.6) is 0 Å². The molecule has 0 saturated carbocycles. The number of nitrogens with one attached hydrogen (secondary N) is 1. The van der Waals surface area contributed by atoms with Gasteiger partial charge in [0, 0.05) is 25.2 Å². The standard InChI is InChI=1S/C13H28N2/c1-5-13(4)11-15(10-8-14-13)9-6-7-12(2)3/h12,14H,5-11H2,1-4H3. The van der Waals surface area contributed by atoms with E-state index in [2.05, 4.69) is 37.9 Å². The van der Waals surface area contributed by atoms with Crippen molar-refractivity contribution in [1.29, 1.82) is 0 Å². The van der Waals surface area contributed by atoms with Crippen LogP contribution in [0, 0.1) is 5.92 Å². The van der Waals surface area contributed by atoms with Crippen LogP contribution in [0.15, 0.2) is 0 Å². The molecule has 1 aliphatic rings. The smallest absolute Gasteiger partial charge is 0.0278 e. The van der Waals surface area contributed by atoms with Crippen LogP contribution in [-0.4, -0.2) is 36.6 Å². The van der Waals surface area contributed by atoms with E-state index < -0.39 is 0 Å². The average molecular weight is 212 g/mol. The van der Waals surface area contributed by atoms with Crippen LogP contribution in [0.25, 0.3) is 0 Å². The van der Waals surface area contributed by atoms with Crippen LogP contribution in [0.4, 0.5) is 0 Å². The summed E-state index contributed by atoms with van der Waals surface area (Å²) in [4.78, 5) is 2.63. The maximum absolute atomic E-state index is 3.63. The van der Waals surface area contributed by atoms with Gasteiger partial charge in [0.15, 0.2) is 0 Å². The van der Waals surface area contributed by atoms with Crippen LogP contribution in [0.2, 0.25) is 0 Å². The normalized spacial score (nSPS) is 28.6. The molecule has 0 radical (unpaired) electrons. The molecule has 0 aromatic carbocycles. The van der Waals surface area contributed by atoms with Crippen molar-refractivity contribution in [3.8, 4) is 0 Å². The highest BCUT2D eigenvalue weighted by atomic mass is 15.2. The fraction of sp³-hybridized carbons (Fsp3) is 1.00. The van der Waals surface area contributed by atoms with Crippen molar-refractivity contribution < 1.29 is 0 Å². The molecule has 2 nitrogen and oxygen atoms in total. The van der Waals surface area contributed by atoms with E-state index in [4.69, 9.17) is 0 Å². The fourth-order valence-electron chi connectivity index (χ4n) is 2.30. The Bertz CT molecular complexity index is 179. The Balaban J connectivity index is 2.24. The van der Waals surface area contributed by atoms with Crippen molar-refractivity contribution >= 4 is 0 Å². The minimum Gasteiger partial charge on any atom is -0.309 e. The summed E-state index contributed by atoms with van der Waals surface area (Å²) in [7, 11) is 0. The quantitative estimate of drug-likeness (QED) is 0.753. The molecule has 15 heavy (non-hydrogen) atoms. The van der Waals surface area contributed by atoms with Crippen molar-refractivity contribution in [2.75, 3.05) is 26.2 Å². The number of piperazine rings is 1. The lowest BCUT2D eigenvalue weighted by Gasteiger charge is -2.41. The molecule has 1 aliphatic heterocycles. The summed E-state index contributed by atoms with van der Waals surface area (Å²) >= 11 is 0. The van der Waals surface area contributed by atoms with Gasteiger partial charge in [-0.25, -0.2) is 0 Å². The number of rotatable bonds is 5. The molecular formula is C13H28N2. The second kappa shape index (κ2) is 5.86. The summed E-state index contributed by atoms with van der Waals surface area (Å²) in [6.45, 7) is 14.2. The first kappa shape index (κ1) is 13.0. The van der Waals surface area contributed by atoms with E-state index >= 15 is 0 Å². The Kier molecular flexibility index (Phi) is 5.07. The van der Waals surface area contributed by atoms with Crippen molar-refractivity contribution in [2.24, 2.45) is 5.92 Å². The number of hydrogen-bond acceptors (Lipinski definition) is 2. The van der Waals surface area contributed by atoms with Gasteiger partial charge in [-0.2, -0.15) is 0 Å². The summed E-state index contributed by atoms with van der Waals surface area (Å²) in [6.07, 6.45) is 3.96. The Labute approximate surface area is 95.4 Å². The predicted molar refractivity (Wildman–Crippen MR) is 67.2 cm³/mol. The van der Waals surface area contributed by atoms with Crippen LogP contribution in [0.3, 0.4) is 0 Å². The summed E-state index contributed by atoms with van der Waals surface area (Å²) in [5.74, 6) is 0.852. The minimum absolute atomic E-state index is 0.357. The van der Waals surface area contributed by atoms with Gasteiger partial charge in [0.1, 0.15) is 0 Å². The van der Waals surface area contributed by atoms with Crippen LogP contribution >= 0.6 is 0 Å². The van der Waals surface area contributed by atoms with Crippen LogP contribution < -0.4 is 5.32 Å². The molecule has 0 aromatic rings. The molecule has 0 bridgehead atoms. The highest BCUT2D eigenvalue weighted by Gasteiger charge is 2.27. The molecule has 90 valence electrons. The first-order valence-corrected chi connectivity index (χ1v) is 6.53. The maximum Gasteiger partial charge on any atom is 0.0278 e. The van der Waals surface area contributed by atoms with Crippen molar-refractivity contribution in [2.45, 2.75) is 52.5 Å². The van der Waals surface area contributed by atoms with E-state index in [0.717, 1.165) is 12.5 Å². The van der Waals surface area contributed by atoms with Gasteiger partial charge >= 0.3 is 0 Å². The third kappa shape index (κ3) is 4.52. The molecule has 1 saturated heterocycles. The number of hydrogen-bond donors (Lipinski definition) is 1. The molecule has 0 aromatic heterocycles. The lowest BCUT2D eigenvalue weighted by atomic mass is 9.95. The SMILES string of the molecule is CCC1(C)CN(CCCC(C)C)CCN1. The van der Waals surface area contributed by atoms with Gasteiger partial charge in [-0.05, 0) is 38.6 Å². The molecule has 0 amide bonds. The van der Waals surface area contributed by atoms with Gasteiger partial charge in [-0.15, -0.1) is 0 Å². The molecule has 1 fully saturated rings. The van der Waals surface area contributed by atoms with E-state index in [1.54, 1.807) is 0 Å². The number of nitrogens with zero attached hydrogens (tertiary/aromatic N) is 1. The van der Waals surface area contributed by atoms with Crippen molar-refractivity contribution in [1.82, 2.24) is 10.2 Å². The fourth-order valence-corrected chi connectivity index (χ4v) is 2.30. The van der Waals surface area contributed by atoms with Gasteiger partial charge in [-0.1, -0.05) is 20.8 Å². The highest BCUT2D eigenvalue weighted by Crippen LogP contribution is 2.16. The Hall–Kier alpha value is -0.0800. The molecule has 1 rings (SSSR count). The van der Waals surface area contributed by atoms with Gasteiger partial charge in [0.2, 0.25) is 0 Å². The molecule has 2 heteroatoms. The van der Waals surface area contributed by atoms with Gasteiger partial charge in [-0.3, -0.25) is 0 Å². The Morgan fingerprint density at radius 3 is 2.73 bits per heavy atom. The average Bonchev–Trinajstić information content (AvgIpc) is 2.17. The Morgan fingerprint density at radius 2 is 2.13 bits per heavy atom. The van der Waals surface area contributed by atoms with Gasteiger partial charge in [0.05, 0.1) is 0 Å². The molecule has 1 unspecified atom stereocenters.